The molecular weight excluding hydrogens is 198 g/mol. The van der Waals surface area contributed by atoms with E-state index >= 15 is 0 Å². The number of hydrogen-bond acceptors (Lipinski definition) is 2. The zero-order chi connectivity index (χ0) is 11.6. The molecule has 1 heterocycles. The summed E-state index contributed by atoms with van der Waals surface area (Å²) in [7, 11) is 0. The summed E-state index contributed by atoms with van der Waals surface area (Å²) in [5, 5.41) is 3.72. The Bertz CT molecular complexity index is 227. The summed E-state index contributed by atoms with van der Waals surface area (Å²) < 4.78 is 5.43. The number of nitrogens with one attached hydrogen (secondary N) is 1. The van der Waals surface area contributed by atoms with Gasteiger partial charge in [0.05, 0.1) is 0 Å². The second-order valence-corrected chi connectivity index (χ2v) is 6.54. The van der Waals surface area contributed by atoms with Crippen molar-refractivity contribution in [3.05, 3.63) is 0 Å². The molecule has 1 saturated heterocycles. The molecule has 0 aromatic rings. The molecule has 2 fully saturated rings. The highest BCUT2D eigenvalue weighted by molar-refractivity contribution is 4.97. The van der Waals surface area contributed by atoms with E-state index in [0.717, 1.165) is 19.1 Å². The van der Waals surface area contributed by atoms with Gasteiger partial charge in [0.25, 0.3) is 0 Å². The van der Waals surface area contributed by atoms with Gasteiger partial charge in [0.1, 0.15) is 0 Å². The van der Waals surface area contributed by atoms with Gasteiger partial charge in [-0.1, -0.05) is 20.8 Å². The Kier molecular flexibility index (Phi) is 3.60. The minimum atomic E-state index is 0.477. The molecule has 2 aliphatic rings. The fraction of sp³-hybridized carbons (Fsp3) is 1.00. The van der Waals surface area contributed by atoms with E-state index in [0.29, 0.717) is 10.8 Å². The largest absolute Gasteiger partial charge is 0.381 e. The molecule has 1 aliphatic carbocycles. The maximum Gasteiger partial charge on any atom is 0.0471 e. The highest BCUT2D eigenvalue weighted by Gasteiger charge is 2.45. The molecule has 0 aromatic heterocycles. The summed E-state index contributed by atoms with van der Waals surface area (Å²) in [6.07, 6.45) is 5.29. The van der Waals surface area contributed by atoms with Crippen LogP contribution in [0.2, 0.25) is 0 Å². The molecule has 0 spiro atoms. The van der Waals surface area contributed by atoms with Crippen LogP contribution in [0.15, 0.2) is 0 Å². The Morgan fingerprint density at radius 3 is 2.19 bits per heavy atom. The lowest BCUT2D eigenvalue weighted by atomic mass is 9.82. The van der Waals surface area contributed by atoms with Crippen LogP contribution in [0.1, 0.15) is 46.5 Å². The Balaban J connectivity index is 1.71. The van der Waals surface area contributed by atoms with Gasteiger partial charge in [-0.3, -0.25) is 0 Å². The fourth-order valence-corrected chi connectivity index (χ4v) is 2.77. The second kappa shape index (κ2) is 4.66. The monoisotopic (exact) mass is 225 g/mol. The predicted octanol–water partition coefficient (Wildman–Crippen LogP) is 2.83. The quantitative estimate of drug-likeness (QED) is 0.777. The second-order valence-electron chi connectivity index (χ2n) is 6.54. The first-order valence-electron chi connectivity index (χ1n) is 6.85. The third kappa shape index (κ3) is 2.78. The molecular formula is C14H27NO. The average Bonchev–Trinajstić information content (AvgIpc) is 3.00. The van der Waals surface area contributed by atoms with Gasteiger partial charge in [-0.25, -0.2) is 0 Å². The Morgan fingerprint density at radius 1 is 1.06 bits per heavy atom. The molecule has 0 amide bonds. The number of rotatable bonds is 5. The van der Waals surface area contributed by atoms with Crippen LogP contribution in [0.5, 0.6) is 0 Å². The molecule has 0 radical (unpaired) electrons. The van der Waals surface area contributed by atoms with Crippen molar-refractivity contribution in [2.75, 3.05) is 26.3 Å². The van der Waals surface area contributed by atoms with Crippen LogP contribution in [0.3, 0.4) is 0 Å². The van der Waals surface area contributed by atoms with E-state index in [4.69, 9.17) is 4.74 Å². The SMILES string of the molecule is CC(C)C1(CNCC2(C)CCOCC2)CC1. The van der Waals surface area contributed by atoms with Crippen molar-refractivity contribution in [3.8, 4) is 0 Å². The molecule has 2 nitrogen and oxygen atoms in total. The van der Waals surface area contributed by atoms with E-state index in [2.05, 4.69) is 26.1 Å². The van der Waals surface area contributed by atoms with Gasteiger partial charge in [-0.05, 0) is 42.4 Å². The molecule has 0 bridgehead atoms. The summed E-state index contributed by atoms with van der Waals surface area (Å²) in [5.74, 6) is 0.836. The molecule has 94 valence electrons. The van der Waals surface area contributed by atoms with Crippen LogP contribution in [-0.2, 0) is 4.74 Å². The molecule has 0 aromatic carbocycles. The van der Waals surface area contributed by atoms with Gasteiger partial charge in [0.2, 0.25) is 0 Å². The highest BCUT2D eigenvalue weighted by Crippen LogP contribution is 2.51. The first-order valence-corrected chi connectivity index (χ1v) is 6.85. The van der Waals surface area contributed by atoms with Crippen LogP contribution < -0.4 is 5.32 Å². The summed E-state index contributed by atoms with van der Waals surface area (Å²) >= 11 is 0. The minimum absolute atomic E-state index is 0.477. The summed E-state index contributed by atoms with van der Waals surface area (Å²) in [6, 6.07) is 0. The number of hydrogen-bond donors (Lipinski definition) is 1. The molecule has 0 atom stereocenters. The topological polar surface area (TPSA) is 21.3 Å². The molecule has 1 aliphatic heterocycles. The Hall–Kier alpha value is -0.0800. The maximum absolute atomic E-state index is 5.43. The van der Waals surface area contributed by atoms with Crippen molar-refractivity contribution in [1.82, 2.24) is 5.32 Å². The van der Waals surface area contributed by atoms with Gasteiger partial charge in [0.15, 0.2) is 0 Å². The van der Waals surface area contributed by atoms with Crippen molar-refractivity contribution in [3.63, 3.8) is 0 Å². The number of ether oxygens (including phenoxy) is 1. The third-order valence-electron chi connectivity index (χ3n) is 4.85. The van der Waals surface area contributed by atoms with Crippen molar-refractivity contribution < 1.29 is 4.74 Å². The van der Waals surface area contributed by atoms with Crippen molar-refractivity contribution in [2.45, 2.75) is 46.5 Å². The smallest absolute Gasteiger partial charge is 0.0471 e. The molecule has 2 rings (SSSR count). The van der Waals surface area contributed by atoms with E-state index in [1.54, 1.807) is 0 Å². The zero-order valence-electron chi connectivity index (χ0n) is 11.1. The lowest BCUT2D eigenvalue weighted by Crippen LogP contribution is -2.39. The van der Waals surface area contributed by atoms with E-state index in [9.17, 15) is 0 Å². The van der Waals surface area contributed by atoms with Crippen molar-refractivity contribution in [1.29, 1.82) is 0 Å². The molecule has 2 heteroatoms. The van der Waals surface area contributed by atoms with Crippen molar-refractivity contribution in [2.24, 2.45) is 16.7 Å². The van der Waals surface area contributed by atoms with Crippen molar-refractivity contribution >= 4 is 0 Å². The third-order valence-corrected chi connectivity index (χ3v) is 4.85. The Morgan fingerprint density at radius 2 is 1.69 bits per heavy atom. The van der Waals surface area contributed by atoms with Crippen LogP contribution in [0.25, 0.3) is 0 Å². The van der Waals surface area contributed by atoms with Gasteiger partial charge in [-0.2, -0.15) is 0 Å². The fourth-order valence-electron chi connectivity index (χ4n) is 2.77. The lowest BCUT2D eigenvalue weighted by molar-refractivity contribution is 0.0233. The van der Waals surface area contributed by atoms with Crippen LogP contribution in [-0.4, -0.2) is 26.3 Å². The normalized spacial score (nSPS) is 27.0. The maximum atomic E-state index is 5.43. The summed E-state index contributed by atoms with van der Waals surface area (Å²) in [4.78, 5) is 0. The Labute approximate surface area is 100 Å². The first-order chi connectivity index (χ1) is 7.56. The highest BCUT2D eigenvalue weighted by atomic mass is 16.5. The average molecular weight is 225 g/mol. The predicted molar refractivity (Wildman–Crippen MR) is 67.5 cm³/mol. The van der Waals surface area contributed by atoms with Gasteiger partial charge in [0, 0.05) is 26.3 Å². The first kappa shape index (κ1) is 12.4. The van der Waals surface area contributed by atoms with E-state index in [1.165, 1.54) is 38.8 Å². The summed E-state index contributed by atoms with van der Waals surface area (Å²) in [6.45, 7) is 11.4. The molecule has 1 saturated carbocycles. The van der Waals surface area contributed by atoms with Crippen LogP contribution >= 0.6 is 0 Å². The van der Waals surface area contributed by atoms with Gasteiger partial charge >= 0.3 is 0 Å². The van der Waals surface area contributed by atoms with E-state index in [-0.39, 0.29) is 0 Å². The molecule has 0 unspecified atom stereocenters. The van der Waals surface area contributed by atoms with Gasteiger partial charge < -0.3 is 10.1 Å². The van der Waals surface area contributed by atoms with Gasteiger partial charge in [-0.15, -0.1) is 0 Å². The molecule has 1 N–H and O–H groups in total. The molecule has 16 heavy (non-hydrogen) atoms. The van der Waals surface area contributed by atoms with E-state index < -0.39 is 0 Å². The standard InChI is InChI=1S/C14H27NO/c1-12(2)14(4-5-14)11-15-10-13(3)6-8-16-9-7-13/h12,15H,4-11H2,1-3H3. The zero-order valence-corrected chi connectivity index (χ0v) is 11.1. The summed E-state index contributed by atoms with van der Waals surface area (Å²) in [5.41, 5.74) is 1.12. The minimum Gasteiger partial charge on any atom is -0.381 e. The van der Waals surface area contributed by atoms with Crippen LogP contribution in [0, 0.1) is 16.7 Å². The lowest BCUT2D eigenvalue weighted by Gasteiger charge is -2.34. The van der Waals surface area contributed by atoms with E-state index in [1.807, 2.05) is 0 Å². The van der Waals surface area contributed by atoms with Crippen LogP contribution in [0.4, 0.5) is 0 Å².